The normalized spacial score (nSPS) is 10.5. The van der Waals surface area contributed by atoms with Gasteiger partial charge in [-0.05, 0) is 43.2 Å². The van der Waals surface area contributed by atoms with E-state index in [1.165, 1.54) is 0 Å². The monoisotopic (exact) mass is 438 g/mol. The van der Waals surface area contributed by atoms with E-state index in [9.17, 15) is 4.79 Å². The Labute approximate surface area is 193 Å². The van der Waals surface area contributed by atoms with Crippen LogP contribution in [0.5, 0.6) is 5.75 Å². The fourth-order valence-electron chi connectivity index (χ4n) is 3.49. The van der Waals surface area contributed by atoms with Crippen LogP contribution in [0, 0.1) is 6.92 Å². The molecule has 0 unspecified atom stereocenters. The molecule has 6 nitrogen and oxygen atoms in total. The standard InChI is InChI=1S/C27H26N4O2/c1-3-20-10-7-8-15-25(20)33-18-27(32)31-23-14-9-13-22(16-23)30-26-17-24(28-19(2)29-26)21-11-5-4-6-12-21/h4-17H,3,18H2,1-2H3,(H,31,32)(H,28,29,30). The third-order valence-electron chi connectivity index (χ3n) is 5.04. The van der Waals surface area contributed by atoms with Gasteiger partial charge >= 0.3 is 0 Å². The first-order valence-electron chi connectivity index (χ1n) is 10.9. The summed E-state index contributed by atoms with van der Waals surface area (Å²) in [5.41, 5.74) is 4.43. The van der Waals surface area contributed by atoms with Crippen LogP contribution in [-0.4, -0.2) is 22.5 Å². The van der Waals surface area contributed by atoms with Crippen LogP contribution in [0.2, 0.25) is 0 Å². The number of carbonyl (C=O) groups excluding carboxylic acids is 1. The van der Waals surface area contributed by atoms with E-state index in [4.69, 9.17) is 4.74 Å². The van der Waals surface area contributed by atoms with Crippen LogP contribution in [-0.2, 0) is 11.2 Å². The Morgan fingerprint density at radius 2 is 1.64 bits per heavy atom. The summed E-state index contributed by atoms with van der Waals surface area (Å²) >= 11 is 0. The smallest absolute Gasteiger partial charge is 0.262 e. The second-order valence-electron chi connectivity index (χ2n) is 7.56. The van der Waals surface area contributed by atoms with Gasteiger partial charge in [-0.3, -0.25) is 4.79 Å². The predicted molar refractivity (Wildman–Crippen MR) is 132 cm³/mol. The highest BCUT2D eigenvalue weighted by Crippen LogP contribution is 2.24. The van der Waals surface area contributed by atoms with Gasteiger partial charge in [-0.2, -0.15) is 0 Å². The van der Waals surface area contributed by atoms with Crippen molar-refractivity contribution in [3.8, 4) is 17.0 Å². The van der Waals surface area contributed by atoms with Gasteiger partial charge < -0.3 is 15.4 Å². The minimum absolute atomic E-state index is 0.0553. The van der Waals surface area contributed by atoms with Gasteiger partial charge in [0, 0.05) is 23.0 Å². The van der Waals surface area contributed by atoms with Crippen molar-refractivity contribution in [1.29, 1.82) is 0 Å². The molecule has 3 aromatic carbocycles. The molecule has 0 bridgehead atoms. The Bertz CT molecular complexity index is 1240. The first-order valence-corrected chi connectivity index (χ1v) is 10.9. The van der Waals surface area contributed by atoms with E-state index in [0.29, 0.717) is 17.3 Å². The fourth-order valence-corrected chi connectivity index (χ4v) is 3.49. The number of nitrogens with zero attached hydrogens (tertiary/aromatic N) is 2. The maximum atomic E-state index is 12.4. The van der Waals surface area contributed by atoms with Crippen LogP contribution in [0.3, 0.4) is 0 Å². The summed E-state index contributed by atoms with van der Waals surface area (Å²) in [5.74, 6) is 1.87. The quantitative estimate of drug-likeness (QED) is 0.365. The lowest BCUT2D eigenvalue weighted by molar-refractivity contribution is -0.118. The molecule has 4 rings (SSSR count). The number of para-hydroxylation sites is 1. The van der Waals surface area contributed by atoms with Gasteiger partial charge in [0.1, 0.15) is 17.4 Å². The molecule has 2 N–H and O–H groups in total. The molecule has 0 atom stereocenters. The molecule has 1 aromatic heterocycles. The first-order chi connectivity index (χ1) is 16.1. The molecule has 1 heterocycles. The van der Waals surface area contributed by atoms with Crippen molar-refractivity contribution < 1.29 is 9.53 Å². The zero-order chi connectivity index (χ0) is 23.0. The number of hydrogen-bond acceptors (Lipinski definition) is 5. The Hall–Kier alpha value is -4.19. The van der Waals surface area contributed by atoms with E-state index in [-0.39, 0.29) is 12.5 Å². The summed E-state index contributed by atoms with van der Waals surface area (Å²) in [4.78, 5) is 21.5. The third-order valence-corrected chi connectivity index (χ3v) is 5.04. The van der Waals surface area contributed by atoms with Crippen molar-refractivity contribution in [2.75, 3.05) is 17.2 Å². The maximum absolute atomic E-state index is 12.4. The van der Waals surface area contributed by atoms with Crippen molar-refractivity contribution in [1.82, 2.24) is 9.97 Å². The van der Waals surface area contributed by atoms with Crippen molar-refractivity contribution >= 4 is 23.1 Å². The molecule has 166 valence electrons. The number of anilines is 3. The van der Waals surface area contributed by atoms with E-state index >= 15 is 0 Å². The Kier molecular flexibility index (Phi) is 6.95. The summed E-state index contributed by atoms with van der Waals surface area (Å²) < 4.78 is 5.71. The van der Waals surface area contributed by atoms with Gasteiger partial charge in [0.25, 0.3) is 5.91 Å². The predicted octanol–water partition coefficient (Wildman–Crippen LogP) is 5.78. The van der Waals surface area contributed by atoms with Crippen LogP contribution < -0.4 is 15.4 Å². The van der Waals surface area contributed by atoms with Gasteiger partial charge in [-0.25, -0.2) is 9.97 Å². The van der Waals surface area contributed by atoms with Crippen LogP contribution in [0.1, 0.15) is 18.3 Å². The van der Waals surface area contributed by atoms with E-state index < -0.39 is 0 Å². The Morgan fingerprint density at radius 3 is 2.45 bits per heavy atom. The summed E-state index contributed by atoms with van der Waals surface area (Å²) in [6.45, 7) is 3.87. The fraction of sp³-hybridized carbons (Fsp3) is 0.148. The number of aromatic nitrogens is 2. The van der Waals surface area contributed by atoms with Gasteiger partial charge in [0.2, 0.25) is 0 Å². The van der Waals surface area contributed by atoms with Crippen molar-refractivity contribution in [2.24, 2.45) is 0 Å². The summed E-state index contributed by atoms with van der Waals surface area (Å²) in [7, 11) is 0. The number of benzene rings is 3. The number of hydrogen-bond donors (Lipinski definition) is 2. The minimum Gasteiger partial charge on any atom is -0.483 e. The molecule has 4 aromatic rings. The molecule has 0 saturated carbocycles. The van der Waals surface area contributed by atoms with Gasteiger partial charge in [-0.1, -0.05) is 61.5 Å². The average molecular weight is 439 g/mol. The highest BCUT2D eigenvalue weighted by atomic mass is 16.5. The molecule has 0 spiro atoms. The topological polar surface area (TPSA) is 76.1 Å². The molecular weight excluding hydrogens is 412 g/mol. The summed E-state index contributed by atoms with van der Waals surface area (Å²) in [6, 6.07) is 27.1. The molecule has 0 fully saturated rings. The molecule has 0 saturated heterocycles. The third kappa shape index (κ3) is 5.95. The molecule has 0 aliphatic carbocycles. The largest absolute Gasteiger partial charge is 0.483 e. The Balaban J connectivity index is 1.42. The van der Waals surface area contributed by atoms with Crippen LogP contribution in [0.15, 0.2) is 84.9 Å². The average Bonchev–Trinajstić information content (AvgIpc) is 2.83. The lowest BCUT2D eigenvalue weighted by atomic mass is 10.1. The second-order valence-corrected chi connectivity index (χ2v) is 7.56. The SMILES string of the molecule is CCc1ccccc1OCC(=O)Nc1cccc(Nc2cc(-c3ccccc3)nc(C)n2)c1. The van der Waals surface area contributed by atoms with E-state index in [2.05, 4.69) is 27.5 Å². The van der Waals surface area contributed by atoms with Crippen molar-refractivity contribution in [3.63, 3.8) is 0 Å². The molecule has 0 aliphatic rings. The van der Waals surface area contributed by atoms with Crippen LogP contribution >= 0.6 is 0 Å². The highest BCUT2D eigenvalue weighted by molar-refractivity contribution is 5.92. The first kappa shape index (κ1) is 22.0. The number of nitrogens with one attached hydrogen (secondary N) is 2. The summed E-state index contributed by atoms with van der Waals surface area (Å²) in [6.07, 6.45) is 0.847. The van der Waals surface area contributed by atoms with Crippen LogP contribution in [0.25, 0.3) is 11.3 Å². The van der Waals surface area contributed by atoms with Gasteiger partial charge in [0.05, 0.1) is 5.69 Å². The number of ether oxygens (including phenoxy) is 1. The molecule has 1 amide bonds. The van der Waals surface area contributed by atoms with E-state index in [1.54, 1.807) is 0 Å². The second kappa shape index (κ2) is 10.4. The van der Waals surface area contributed by atoms with Gasteiger partial charge in [0.15, 0.2) is 6.61 Å². The minimum atomic E-state index is -0.220. The van der Waals surface area contributed by atoms with Crippen LogP contribution in [0.4, 0.5) is 17.2 Å². The molecular formula is C27H26N4O2. The highest BCUT2D eigenvalue weighted by Gasteiger charge is 2.08. The molecule has 0 radical (unpaired) electrons. The number of amides is 1. The zero-order valence-corrected chi connectivity index (χ0v) is 18.7. The number of rotatable bonds is 8. The zero-order valence-electron chi connectivity index (χ0n) is 18.7. The Morgan fingerprint density at radius 1 is 0.879 bits per heavy atom. The number of aryl methyl sites for hydroxylation is 2. The van der Waals surface area contributed by atoms with E-state index in [1.807, 2.05) is 91.9 Å². The van der Waals surface area contributed by atoms with Crippen molar-refractivity contribution in [3.05, 3.63) is 96.3 Å². The number of carbonyl (C=O) groups is 1. The van der Waals surface area contributed by atoms with Crippen molar-refractivity contribution in [2.45, 2.75) is 20.3 Å². The lowest BCUT2D eigenvalue weighted by Gasteiger charge is -2.12. The molecule has 6 heteroatoms. The summed E-state index contributed by atoms with van der Waals surface area (Å²) in [5, 5.41) is 6.20. The molecule has 33 heavy (non-hydrogen) atoms. The van der Waals surface area contributed by atoms with Gasteiger partial charge in [-0.15, -0.1) is 0 Å². The van der Waals surface area contributed by atoms with E-state index in [0.717, 1.165) is 34.7 Å². The lowest BCUT2D eigenvalue weighted by Crippen LogP contribution is -2.20. The maximum Gasteiger partial charge on any atom is 0.262 e. The molecule has 0 aliphatic heterocycles.